The second-order valence-corrected chi connectivity index (χ2v) is 7.06. The Hall–Kier alpha value is -1.12. The molecule has 0 radical (unpaired) electrons. The third-order valence-corrected chi connectivity index (χ3v) is 5.34. The van der Waals surface area contributed by atoms with Crippen LogP contribution in [0.4, 0.5) is 0 Å². The van der Waals surface area contributed by atoms with Gasteiger partial charge in [-0.25, -0.2) is 0 Å². The number of thiophene rings is 1. The van der Waals surface area contributed by atoms with E-state index in [9.17, 15) is 0 Å². The van der Waals surface area contributed by atoms with E-state index in [1.54, 1.807) is 0 Å². The highest BCUT2D eigenvalue weighted by atomic mass is 32.1. The molecule has 1 unspecified atom stereocenters. The summed E-state index contributed by atoms with van der Waals surface area (Å²) in [6.07, 6.45) is 4.14. The van der Waals surface area contributed by atoms with Crippen LogP contribution >= 0.6 is 11.3 Å². The molecule has 1 aliphatic carbocycles. The van der Waals surface area contributed by atoms with Crippen LogP contribution in [0.15, 0.2) is 36.4 Å². The molecule has 20 heavy (non-hydrogen) atoms. The van der Waals surface area contributed by atoms with E-state index in [1.165, 1.54) is 40.1 Å². The number of hydrogen-bond acceptors (Lipinski definition) is 2. The fourth-order valence-electron chi connectivity index (χ4n) is 2.93. The van der Waals surface area contributed by atoms with Gasteiger partial charge < -0.3 is 5.32 Å². The molecule has 3 rings (SSSR count). The van der Waals surface area contributed by atoms with Gasteiger partial charge in [0, 0.05) is 9.75 Å². The Kier molecular flexibility index (Phi) is 4.23. The lowest BCUT2D eigenvalue weighted by Crippen LogP contribution is -2.21. The summed E-state index contributed by atoms with van der Waals surface area (Å²) in [6.45, 7) is 5.36. The lowest BCUT2D eigenvalue weighted by Gasteiger charge is -2.27. The first-order chi connectivity index (χ1) is 9.78. The molecule has 1 heterocycles. The van der Waals surface area contributed by atoms with E-state index in [-0.39, 0.29) is 0 Å². The Morgan fingerprint density at radius 3 is 2.70 bits per heavy atom. The maximum absolute atomic E-state index is 3.64. The van der Waals surface area contributed by atoms with Crippen molar-refractivity contribution >= 4 is 11.3 Å². The second kappa shape index (κ2) is 6.11. The van der Waals surface area contributed by atoms with Gasteiger partial charge in [0.05, 0.1) is 6.04 Å². The summed E-state index contributed by atoms with van der Waals surface area (Å²) in [5, 5.41) is 3.64. The molecule has 2 aromatic rings. The zero-order valence-corrected chi connectivity index (χ0v) is 13.2. The van der Waals surface area contributed by atoms with Gasteiger partial charge in [0.15, 0.2) is 0 Å². The number of rotatable bonds is 5. The van der Waals surface area contributed by atoms with Gasteiger partial charge in [-0.1, -0.05) is 37.6 Å². The van der Waals surface area contributed by atoms with Gasteiger partial charge in [0.1, 0.15) is 0 Å². The molecule has 0 bridgehead atoms. The fraction of sp³-hybridized carbons (Fsp3) is 0.444. The number of hydrogen-bond donors (Lipinski definition) is 1. The highest BCUT2D eigenvalue weighted by Crippen LogP contribution is 2.38. The van der Waals surface area contributed by atoms with Gasteiger partial charge in [0.2, 0.25) is 0 Å². The molecule has 1 fully saturated rings. The van der Waals surface area contributed by atoms with Gasteiger partial charge >= 0.3 is 0 Å². The highest BCUT2D eigenvalue weighted by molar-refractivity contribution is 7.12. The summed E-state index contributed by atoms with van der Waals surface area (Å²) < 4.78 is 0. The predicted octanol–water partition coefficient (Wildman–Crippen LogP) is 5.02. The van der Waals surface area contributed by atoms with Crippen LogP contribution in [0, 0.1) is 6.92 Å². The third-order valence-electron chi connectivity index (χ3n) is 4.27. The average molecular weight is 285 g/mol. The SMILES string of the molecule is CCNC(c1cccc(C2CCC2)c1)c1ccc(C)s1. The number of nitrogens with one attached hydrogen (secondary N) is 1. The Balaban J connectivity index is 1.90. The third kappa shape index (κ3) is 2.82. The highest BCUT2D eigenvalue weighted by Gasteiger charge is 2.21. The average Bonchev–Trinajstić information content (AvgIpc) is 2.81. The van der Waals surface area contributed by atoms with E-state index in [2.05, 4.69) is 55.6 Å². The molecule has 0 amide bonds. The first-order valence-corrected chi connectivity index (χ1v) is 8.49. The van der Waals surface area contributed by atoms with E-state index in [0.29, 0.717) is 6.04 Å². The largest absolute Gasteiger partial charge is 0.306 e. The van der Waals surface area contributed by atoms with Gasteiger partial charge in [-0.3, -0.25) is 0 Å². The lowest BCUT2D eigenvalue weighted by molar-refractivity contribution is 0.419. The van der Waals surface area contributed by atoms with Crippen LogP contribution in [0.5, 0.6) is 0 Å². The van der Waals surface area contributed by atoms with Gasteiger partial charge in [-0.05, 0) is 55.5 Å². The van der Waals surface area contributed by atoms with E-state index >= 15 is 0 Å². The van der Waals surface area contributed by atoms with Gasteiger partial charge in [0.25, 0.3) is 0 Å². The Labute approximate surface area is 126 Å². The van der Waals surface area contributed by atoms with Crippen LogP contribution in [0.3, 0.4) is 0 Å². The summed E-state index contributed by atoms with van der Waals surface area (Å²) in [7, 11) is 0. The zero-order chi connectivity index (χ0) is 13.9. The van der Waals surface area contributed by atoms with E-state index in [4.69, 9.17) is 0 Å². The van der Waals surface area contributed by atoms with Crippen molar-refractivity contribution in [1.82, 2.24) is 5.32 Å². The minimum atomic E-state index is 0.346. The second-order valence-electron chi connectivity index (χ2n) is 5.74. The Morgan fingerprint density at radius 1 is 1.25 bits per heavy atom. The molecule has 1 atom stereocenters. The van der Waals surface area contributed by atoms with Crippen LogP contribution in [-0.4, -0.2) is 6.54 Å². The lowest BCUT2D eigenvalue weighted by atomic mass is 9.79. The molecule has 106 valence electrons. The number of aryl methyl sites for hydroxylation is 1. The van der Waals surface area contributed by atoms with Crippen molar-refractivity contribution < 1.29 is 0 Å². The standard InChI is InChI=1S/C18H23NS/c1-3-19-18(17-11-10-13(2)20-17)16-9-5-8-15(12-16)14-6-4-7-14/h5,8-12,14,18-19H,3-4,6-7H2,1-2H3. The first-order valence-electron chi connectivity index (χ1n) is 7.67. The quantitative estimate of drug-likeness (QED) is 0.813. The maximum atomic E-state index is 3.64. The number of benzene rings is 1. The molecule has 2 heteroatoms. The minimum Gasteiger partial charge on any atom is -0.306 e. The summed E-state index contributed by atoms with van der Waals surface area (Å²) in [5.74, 6) is 0.808. The Bertz CT molecular complexity index is 568. The molecule has 0 aliphatic heterocycles. The molecular formula is C18H23NS. The van der Waals surface area contributed by atoms with Crippen molar-refractivity contribution in [3.63, 3.8) is 0 Å². The molecule has 0 spiro atoms. The topological polar surface area (TPSA) is 12.0 Å². The summed E-state index contributed by atoms with van der Waals surface area (Å²) >= 11 is 1.90. The van der Waals surface area contributed by atoms with Gasteiger partial charge in [-0.2, -0.15) is 0 Å². The van der Waals surface area contributed by atoms with Crippen molar-refractivity contribution in [3.8, 4) is 0 Å². The molecule has 1 aromatic carbocycles. The molecular weight excluding hydrogens is 262 g/mol. The van der Waals surface area contributed by atoms with E-state index in [0.717, 1.165) is 12.5 Å². The van der Waals surface area contributed by atoms with E-state index in [1.807, 2.05) is 11.3 Å². The summed E-state index contributed by atoms with van der Waals surface area (Å²) in [4.78, 5) is 2.81. The molecule has 1 aliphatic rings. The van der Waals surface area contributed by atoms with Crippen molar-refractivity contribution in [2.24, 2.45) is 0 Å². The Morgan fingerprint density at radius 2 is 2.10 bits per heavy atom. The van der Waals surface area contributed by atoms with Crippen LogP contribution in [0.1, 0.15) is 59.0 Å². The van der Waals surface area contributed by atoms with Crippen LogP contribution < -0.4 is 5.32 Å². The van der Waals surface area contributed by atoms with Crippen molar-refractivity contribution in [3.05, 3.63) is 57.3 Å². The van der Waals surface area contributed by atoms with Crippen LogP contribution in [0.2, 0.25) is 0 Å². The predicted molar refractivity (Wildman–Crippen MR) is 87.6 cm³/mol. The van der Waals surface area contributed by atoms with Crippen LogP contribution in [0.25, 0.3) is 0 Å². The van der Waals surface area contributed by atoms with Crippen molar-refractivity contribution in [2.45, 2.75) is 45.1 Å². The molecule has 1 N–H and O–H groups in total. The van der Waals surface area contributed by atoms with Crippen molar-refractivity contribution in [1.29, 1.82) is 0 Å². The smallest absolute Gasteiger partial charge is 0.0671 e. The maximum Gasteiger partial charge on any atom is 0.0671 e. The molecule has 1 saturated carbocycles. The summed E-state index contributed by atoms with van der Waals surface area (Å²) in [6, 6.07) is 14.1. The zero-order valence-electron chi connectivity index (χ0n) is 12.4. The van der Waals surface area contributed by atoms with Gasteiger partial charge in [-0.15, -0.1) is 11.3 Å². The minimum absolute atomic E-state index is 0.346. The molecule has 1 aromatic heterocycles. The summed E-state index contributed by atoms with van der Waals surface area (Å²) in [5.41, 5.74) is 2.95. The fourth-order valence-corrected chi connectivity index (χ4v) is 3.91. The molecule has 0 saturated heterocycles. The van der Waals surface area contributed by atoms with Crippen LogP contribution in [-0.2, 0) is 0 Å². The first kappa shape index (κ1) is 13.8. The monoisotopic (exact) mass is 285 g/mol. The van der Waals surface area contributed by atoms with Crippen molar-refractivity contribution in [2.75, 3.05) is 6.54 Å². The normalized spacial score (nSPS) is 16.9. The molecule has 1 nitrogen and oxygen atoms in total. The van der Waals surface area contributed by atoms with E-state index < -0.39 is 0 Å².